The maximum absolute atomic E-state index is 11.5. The molecule has 0 bridgehead atoms. The van der Waals surface area contributed by atoms with Gasteiger partial charge in [-0.1, -0.05) is 5.10 Å². The van der Waals surface area contributed by atoms with Crippen LogP contribution in [-0.4, -0.2) is 34.0 Å². The number of tetrazole rings is 1. The molecule has 0 saturated heterocycles. The lowest BCUT2D eigenvalue weighted by molar-refractivity contribution is 0.589. The molecule has 0 unspecified atom stereocenters. The van der Waals surface area contributed by atoms with Crippen molar-refractivity contribution in [2.24, 2.45) is 0 Å². The number of rotatable bonds is 2. The van der Waals surface area contributed by atoms with Gasteiger partial charge in [0.05, 0.1) is 11.7 Å². The van der Waals surface area contributed by atoms with E-state index in [1.807, 2.05) is 0 Å². The summed E-state index contributed by atoms with van der Waals surface area (Å²) in [5.41, 5.74) is 1.42. The van der Waals surface area contributed by atoms with Gasteiger partial charge < -0.3 is 0 Å². The van der Waals surface area contributed by atoms with Crippen molar-refractivity contribution in [1.82, 2.24) is 25.6 Å². The lowest BCUT2D eigenvalue weighted by Crippen LogP contribution is -2.02. The Balaban J connectivity index is 2.56. The Morgan fingerprint density at radius 2 is 2.31 bits per heavy atom. The van der Waals surface area contributed by atoms with E-state index in [1.54, 1.807) is 0 Å². The van der Waals surface area contributed by atoms with Crippen molar-refractivity contribution in [1.29, 1.82) is 0 Å². The largest absolute Gasteiger partial charge is 0.293 e. The second kappa shape index (κ2) is 2.85. The molecule has 0 aliphatic heterocycles. The maximum atomic E-state index is 11.5. The summed E-state index contributed by atoms with van der Waals surface area (Å²) >= 11 is 1.01. The number of sulfone groups is 1. The minimum Gasteiger partial charge on any atom is -0.252 e. The van der Waals surface area contributed by atoms with Gasteiger partial charge in [0.15, 0.2) is 0 Å². The van der Waals surface area contributed by atoms with Crippen LogP contribution < -0.4 is 0 Å². The lowest BCUT2D eigenvalue weighted by Gasteiger charge is -1.90. The zero-order valence-electron chi connectivity index (χ0n) is 6.08. The Labute approximate surface area is 76.7 Å². The van der Waals surface area contributed by atoms with Crippen molar-refractivity contribution in [3.8, 4) is 0 Å². The molecule has 13 heavy (non-hydrogen) atoms. The first-order valence-electron chi connectivity index (χ1n) is 3.08. The molecule has 1 N–H and O–H groups in total. The highest BCUT2D eigenvalue weighted by Gasteiger charge is 2.23. The maximum Gasteiger partial charge on any atom is 0.293 e. The predicted molar refractivity (Wildman–Crippen MR) is 41.7 cm³/mol. The summed E-state index contributed by atoms with van der Waals surface area (Å²) in [6.07, 6.45) is 1.25. The van der Waals surface area contributed by atoms with E-state index in [4.69, 9.17) is 0 Å². The zero-order valence-corrected chi connectivity index (χ0v) is 7.71. The lowest BCUT2D eigenvalue weighted by atomic mass is 11.0. The Kier molecular flexibility index (Phi) is 1.81. The van der Waals surface area contributed by atoms with Gasteiger partial charge in [-0.3, -0.25) is 4.98 Å². The SMILES string of the molecule is O=S(=O)(c1nn[nH]n1)c1cncs1. The van der Waals surface area contributed by atoms with E-state index in [-0.39, 0.29) is 9.37 Å². The van der Waals surface area contributed by atoms with Gasteiger partial charge >= 0.3 is 0 Å². The van der Waals surface area contributed by atoms with Crippen LogP contribution in [0.4, 0.5) is 0 Å². The normalized spacial score (nSPS) is 11.7. The van der Waals surface area contributed by atoms with Crippen LogP contribution in [0.2, 0.25) is 0 Å². The van der Waals surface area contributed by atoms with Crippen molar-refractivity contribution in [3.05, 3.63) is 11.7 Å². The summed E-state index contributed by atoms with van der Waals surface area (Å²) in [6.45, 7) is 0. The number of thiazole rings is 1. The van der Waals surface area contributed by atoms with Crippen LogP contribution in [0.5, 0.6) is 0 Å². The van der Waals surface area contributed by atoms with Gasteiger partial charge in [0.1, 0.15) is 4.21 Å². The quantitative estimate of drug-likeness (QED) is 0.726. The third-order valence-corrected chi connectivity index (χ3v) is 4.04. The van der Waals surface area contributed by atoms with Crippen LogP contribution in [-0.2, 0) is 9.84 Å². The van der Waals surface area contributed by atoms with Crippen molar-refractivity contribution in [3.63, 3.8) is 0 Å². The van der Waals surface area contributed by atoms with E-state index in [2.05, 4.69) is 25.6 Å². The smallest absolute Gasteiger partial charge is 0.252 e. The summed E-state index contributed by atoms with van der Waals surface area (Å²) in [5.74, 6) is 0. The molecule has 0 aliphatic carbocycles. The molecule has 0 spiro atoms. The molecule has 0 aliphatic rings. The van der Waals surface area contributed by atoms with Crippen molar-refractivity contribution >= 4 is 21.2 Å². The first-order chi connectivity index (χ1) is 6.21. The molecule has 2 aromatic rings. The van der Waals surface area contributed by atoms with Crippen LogP contribution in [0.15, 0.2) is 21.1 Å². The van der Waals surface area contributed by atoms with E-state index < -0.39 is 9.84 Å². The number of hydrogen-bond acceptors (Lipinski definition) is 7. The molecular formula is C4H3N5O2S2. The zero-order chi connectivity index (χ0) is 9.31. The van der Waals surface area contributed by atoms with Gasteiger partial charge in [0, 0.05) is 0 Å². The molecule has 0 saturated carbocycles. The van der Waals surface area contributed by atoms with E-state index >= 15 is 0 Å². The molecule has 2 rings (SSSR count). The molecule has 7 nitrogen and oxygen atoms in total. The molecule has 0 radical (unpaired) electrons. The van der Waals surface area contributed by atoms with Crippen LogP contribution in [0, 0.1) is 0 Å². The number of aromatic amines is 1. The molecule has 2 aromatic heterocycles. The number of H-pyrrole nitrogens is 1. The van der Waals surface area contributed by atoms with Crippen LogP contribution in [0.3, 0.4) is 0 Å². The molecule has 2 heterocycles. The number of aromatic nitrogens is 5. The van der Waals surface area contributed by atoms with Gasteiger partial charge in [-0.15, -0.1) is 16.4 Å². The molecule has 0 aromatic carbocycles. The molecule has 0 atom stereocenters. The fourth-order valence-corrected chi connectivity index (χ4v) is 2.59. The Morgan fingerprint density at radius 1 is 1.46 bits per heavy atom. The second-order valence-corrected chi connectivity index (χ2v) is 4.97. The minimum atomic E-state index is -3.61. The predicted octanol–water partition coefficient (Wildman–Crippen LogP) is -0.511. The number of nitrogens with one attached hydrogen (secondary N) is 1. The standard InChI is InChI=1S/C4H3N5O2S2/c10-13(11,3-1-5-2-12-3)4-6-8-9-7-4/h1-2H,(H,6,7,8,9). The van der Waals surface area contributed by atoms with Gasteiger partial charge in [-0.2, -0.15) is 5.21 Å². The first-order valence-corrected chi connectivity index (χ1v) is 5.44. The summed E-state index contributed by atoms with van der Waals surface area (Å²) in [5, 5.41) is 11.7. The van der Waals surface area contributed by atoms with Gasteiger partial charge in [-0.25, -0.2) is 8.42 Å². The van der Waals surface area contributed by atoms with E-state index in [0.717, 1.165) is 11.3 Å². The van der Waals surface area contributed by atoms with Gasteiger partial charge in [-0.05, 0) is 5.21 Å². The molecule has 9 heteroatoms. The van der Waals surface area contributed by atoms with Crippen molar-refractivity contribution in [2.75, 3.05) is 0 Å². The van der Waals surface area contributed by atoms with Crippen molar-refractivity contribution in [2.45, 2.75) is 9.37 Å². The van der Waals surface area contributed by atoms with Gasteiger partial charge in [0.25, 0.3) is 15.0 Å². The molecule has 0 fully saturated rings. The highest BCUT2D eigenvalue weighted by molar-refractivity contribution is 7.93. The van der Waals surface area contributed by atoms with E-state index in [9.17, 15) is 8.42 Å². The Hall–Kier alpha value is -1.35. The summed E-state index contributed by atoms with van der Waals surface area (Å²) in [6, 6.07) is 0. The fraction of sp³-hybridized carbons (Fsp3) is 0. The topological polar surface area (TPSA) is 101 Å². The third-order valence-electron chi connectivity index (χ3n) is 1.24. The van der Waals surface area contributed by atoms with Crippen molar-refractivity contribution < 1.29 is 8.42 Å². The summed E-state index contributed by atoms with van der Waals surface area (Å²) in [4.78, 5) is 3.65. The monoisotopic (exact) mass is 217 g/mol. The summed E-state index contributed by atoms with van der Waals surface area (Å²) < 4.78 is 23.2. The minimum absolute atomic E-state index is 0.105. The molecule has 68 valence electrons. The second-order valence-electron chi connectivity index (χ2n) is 2.02. The fourth-order valence-electron chi connectivity index (χ4n) is 0.693. The average molecular weight is 217 g/mol. The Morgan fingerprint density at radius 3 is 2.85 bits per heavy atom. The number of nitrogens with zero attached hydrogens (tertiary/aromatic N) is 4. The highest BCUT2D eigenvalue weighted by atomic mass is 32.2. The van der Waals surface area contributed by atoms with Crippen LogP contribution in [0.25, 0.3) is 0 Å². The number of hydrogen-bond donors (Lipinski definition) is 1. The van der Waals surface area contributed by atoms with E-state index in [0.29, 0.717) is 0 Å². The first kappa shape index (κ1) is 8.26. The highest BCUT2D eigenvalue weighted by Crippen LogP contribution is 2.19. The Bertz CT molecular complexity index is 432. The van der Waals surface area contributed by atoms with Crippen LogP contribution in [0.1, 0.15) is 0 Å². The average Bonchev–Trinajstić information content (AvgIpc) is 2.78. The molecular weight excluding hydrogens is 214 g/mol. The van der Waals surface area contributed by atoms with Gasteiger partial charge in [0.2, 0.25) is 0 Å². The third kappa shape index (κ3) is 1.31. The molecule has 0 amide bonds. The summed E-state index contributed by atoms with van der Waals surface area (Å²) in [7, 11) is -3.61. The van der Waals surface area contributed by atoms with E-state index in [1.165, 1.54) is 11.7 Å². The van der Waals surface area contributed by atoms with Crippen LogP contribution >= 0.6 is 11.3 Å².